The highest BCUT2D eigenvalue weighted by Gasteiger charge is 2.79. The number of ether oxygens (including phenoxy) is 2. The molecule has 3 saturated carbocycles. The lowest BCUT2D eigenvalue weighted by atomic mass is 9.44. The summed E-state index contributed by atoms with van der Waals surface area (Å²) < 4.78 is 30.7. The second kappa shape index (κ2) is 9.60. The Labute approximate surface area is 251 Å². The molecule has 0 amide bonds. The third-order valence-electron chi connectivity index (χ3n) is 11.4. The van der Waals surface area contributed by atoms with Gasteiger partial charge in [-0.15, -0.1) is 0 Å². The molecule has 4 aliphatic carbocycles. The van der Waals surface area contributed by atoms with Crippen LogP contribution in [0.5, 0.6) is 0 Å². The van der Waals surface area contributed by atoms with Crippen molar-refractivity contribution in [2.75, 3.05) is 17.7 Å². The van der Waals surface area contributed by atoms with Gasteiger partial charge in [-0.25, -0.2) is 4.39 Å². The Bertz CT molecular complexity index is 1560. The molecule has 7 nitrogen and oxygen atoms in total. The van der Waals surface area contributed by atoms with Crippen LogP contribution in [0, 0.1) is 22.7 Å². The summed E-state index contributed by atoms with van der Waals surface area (Å²) in [5, 5.41) is 25.3. The minimum Gasteiger partial charge on any atom is -0.399 e. The molecule has 8 heteroatoms. The summed E-state index contributed by atoms with van der Waals surface area (Å²) in [5.74, 6) is -1.29. The number of Topliss-reactive ketones (excluding diaryl/α,β-unsaturated/α-hetero) is 1. The summed E-state index contributed by atoms with van der Waals surface area (Å²) in [6.45, 7) is 7.10. The number of alkyl halides is 1. The van der Waals surface area contributed by atoms with Crippen LogP contribution in [0.25, 0.3) is 0 Å². The van der Waals surface area contributed by atoms with Gasteiger partial charge in [0.25, 0.3) is 0 Å². The molecule has 1 heterocycles. The zero-order chi connectivity index (χ0) is 30.4. The number of anilines is 3. The number of hydrogen-bond donors (Lipinski definition) is 4. The number of benzene rings is 2. The van der Waals surface area contributed by atoms with E-state index in [-0.39, 0.29) is 12.3 Å². The fourth-order valence-electron chi connectivity index (χ4n) is 9.31. The molecule has 0 radical (unpaired) electrons. The number of nitrogens with one attached hydrogen (secondary N) is 1. The highest BCUT2D eigenvalue weighted by Crippen LogP contribution is 2.72. The summed E-state index contributed by atoms with van der Waals surface area (Å²) in [4.78, 5) is 13.7. The predicted molar refractivity (Wildman–Crippen MR) is 162 cm³/mol. The fraction of sp³-hybridized carbons (Fsp3) is 0.457. The van der Waals surface area contributed by atoms with Crippen LogP contribution in [0.15, 0.2) is 84.5 Å². The van der Waals surface area contributed by atoms with Gasteiger partial charge in [-0.1, -0.05) is 55.5 Å². The lowest BCUT2D eigenvalue weighted by Crippen LogP contribution is -2.69. The van der Waals surface area contributed by atoms with Gasteiger partial charge < -0.3 is 30.7 Å². The number of fused-ring (bicyclic) bond motifs is 7. The Kier molecular flexibility index (Phi) is 6.35. The van der Waals surface area contributed by atoms with E-state index in [2.05, 4.69) is 11.9 Å². The number of aliphatic hydroxyl groups is 2. The van der Waals surface area contributed by atoms with Crippen LogP contribution in [0.3, 0.4) is 0 Å². The van der Waals surface area contributed by atoms with Crippen molar-refractivity contribution >= 4 is 22.8 Å². The number of hydrogen-bond acceptors (Lipinski definition) is 7. The second-order valence-electron chi connectivity index (χ2n) is 13.4. The number of allylic oxidation sites excluding steroid dienone is 5. The predicted octanol–water partition coefficient (Wildman–Crippen LogP) is 5.69. The van der Waals surface area contributed by atoms with E-state index >= 15 is 4.39 Å². The van der Waals surface area contributed by atoms with Gasteiger partial charge in [-0.05, 0) is 74.4 Å². The zero-order valence-corrected chi connectivity index (χ0v) is 24.6. The van der Waals surface area contributed by atoms with E-state index in [0.29, 0.717) is 24.9 Å². The van der Waals surface area contributed by atoms with Crippen molar-refractivity contribution in [2.45, 2.75) is 69.3 Å². The number of carbonyl (C=O) groups excluding carboxylic acids is 1. The largest absolute Gasteiger partial charge is 0.399 e. The third kappa shape index (κ3) is 3.76. The van der Waals surface area contributed by atoms with Gasteiger partial charge in [0.2, 0.25) is 0 Å². The Morgan fingerprint density at radius 1 is 1.16 bits per heavy atom. The van der Waals surface area contributed by atoms with E-state index in [1.54, 1.807) is 0 Å². The van der Waals surface area contributed by atoms with E-state index < -0.39 is 58.9 Å². The van der Waals surface area contributed by atoms with Crippen molar-refractivity contribution < 1.29 is 28.9 Å². The highest BCUT2D eigenvalue weighted by atomic mass is 19.1. The first-order valence-corrected chi connectivity index (χ1v) is 15.1. The van der Waals surface area contributed by atoms with Crippen LogP contribution in [-0.4, -0.2) is 46.1 Å². The number of halogens is 1. The van der Waals surface area contributed by atoms with Crippen LogP contribution >= 0.6 is 0 Å². The molecule has 0 unspecified atom stereocenters. The monoisotopic (exact) mass is 586 g/mol. The topological polar surface area (TPSA) is 114 Å². The Morgan fingerprint density at radius 2 is 1.93 bits per heavy atom. The molecule has 7 rings (SSSR count). The van der Waals surface area contributed by atoms with Crippen molar-refractivity contribution in [3.05, 3.63) is 90.0 Å². The summed E-state index contributed by atoms with van der Waals surface area (Å²) in [5.41, 5.74) is 5.40. The smallest absolute Gasteiger partial charge is 0.193 e. The Hall–Kier alpha value is -3.30. The summed E-state index contributed by atoms with van der Waals surface area (Å²) in [6.07, 6.45) is 4.42. The average molecular weight is 587 g/mol. The van der Waals surface area contributed by atoms with Gasteiger partial charge >= 0.3 is 0 Å². The molecule has 2 aromatic rings. The third-order valence-corrected chi connectivity index (χ3v) is 11.4. The molecule has 0 spiro atoms. The van der Waals surface area contributed by atoms with Gasteiger partial charge in [0.15, 0.2) is 23.3 Å². The molecule has 5 N–H and O–H groups in total. The first-order chi connectivity index (χ1) is 20.5. The number of ketones is 1. The quantitative estimate of drug-likeness (QED) is 0.333. The lowest BCUT2D eigenvalue weighted by molar-refractivity contribution is -0.231. The van der Waals surface area contributed by atoms with Crippen molar-refractivity contribution in [2.24, 2.45) is 22.7 Å². The zero-order valence-electron chi connectivity index (χ0n) is 24.6. The van der Waals surface area contributed by atoms with Gasteiger partial charge in [0.05, 0.1) is 12.2 Å². The van der Waals surface area contributed by atoms with Crippen LogP contribution in [0.1, 0.15) is 51.4 Å². The van der Waals surface area contributed by atoms with E-state index in [0.717, 1.165) is 28.1 Å². The molecule has 0 aromatic heterocycles. The fourth-order valence-corrected chi connectivity index (χ4v) is 9.31. The van der Waals surface area contributed by atoms with Gasteiger partial charge in [0.1, 0.15) is 6.61 Å². The molecule has 226 valence electrons. The lowest BCUT2D eigenvalue weighted by Gasteiger charge is -2.62. The van der Waals surface area contributed by atoms with Gasteiger partial charge in [0, 0.05) is 39.4 Å². The molecule has 1 aliphatic heterocycles. The maximum atomic E-state index is 17.6. The molecule has 9 atom stereocenters. The molecule has 0 bridgehead atoms. The Balaban J connectivity index is 1.20. The van der Waals surface area contributed by atoms with Gasteiger partial charge in [-0.2, -0.15) is 0 Å². The van der Waals surface area contributed by atoms with Crippen LogP contribution in [0.2, 0.25) is 0 Å². The summed E-state index contributed by atoms with van der Waals surface area (Å²) in [7, 11) is 0. The van der Waals surface area contributed by atoms with E-state index in [9.17, 15) is 15.0 Å². The molecular weight excluding hydrogens is 547 g/mol. The number of nitrogen functional groups attached to an aromatic ring is 1. The number of aliphatic hydroxyl groups excluding tert-OH is 2. The van der Waals surface area contributed by atoms with Crippen LogP contribution in [-0.2, 0) is 14.3 Å². The molecule has 2 aromatic carbocycles. The van der Waals surface area contributed by atoms with Crippen molar-refractivity contribution in [3.8, 4) is 0 Å². The summed E-state index contributed by atoms with van der Waals surface area (Å²) >= 11 is 0. The molecule has 43 heavy (non-hydrogen) atoms. The van der Waals surface area contributed by atoms with Gasteiger partial charge in [-0.3, -0.25) is 4.79 Å². The normalized spacial score (nSPS) is 41.1. The van der Waals surface area contributed by atoms with Crippen molar-refractivity contribution in [3.63, 3.8) is 0 Å². The van der Waals surface area contributed by atoms with E-state index in [1.165, 1.54) is 0 Å². The maximum absolute atomic E-state index is 17.6. The minimum atomic E-state index is -1.92. The molecule has 1 saturated heterocycles. The Morgan fingerprint density at radius 3 is 2.65 bits per heavy atom. The molecule has 5 aliphatic rings. The van der Waals surface area contributed by atoms with Crippen molar-refractivity contribution in [1.82, 2.24) is 0 Å². The highest BCUT2D eigenvalue weighted by molar-refractivity contribution is 5.91. The number of carbonyl (C=O) groups is 1. The standard InChI is InChI=1S/C35H39FN2O5/c1-20-13-14-32(2)22(15-20)9-12-26-27-17-30-35(29(41)19-39,33(27,3)18-28(40)34(26,32)36)43-31(42-30)21-7-10-24(11-8-21)38-25-6-4-5-23(37)16-25/h4-8,10-11,13-16,26-28,30-31,38-40H,1,9,12,17-19,37H2,2-3H3/t26-,27-,28-,30+,31+,32-,33-,34-,35+/m0/s1. The maximum Gasteiger partial charge on any atom is 0.193 e. The SMILES string of the molecule is C=C1C=C[C@@]2(C)C(=C1)CC[C@H]1[C@@H]3C[C@H]4O[C@@H](c5ccc(Nc6cccc(N)c6)cc5)O[C@@]4(C(=O)CO)[C@@]3(C)C[C@H](O)[C@@]12F. The minimum absolute atomic E-state index is 0.0176. The average Bonchev–Trinajstić information content (AvgIpc) is 3.47. The van der Waals surface area contributed by atoms with E-state index in [1.807, 2.05) is 80.6 Å². The number of rotatable bonds is 5. The van der Waals surface area contributed by atoms with Crippen molar-refractivity contribution in [1.29, 1.82) is 0 Å². The molecular formula is C35H39FN2O5. The number of nitrogens with two attached hydrogens (primary N) is 1. The van der Waals surface area contributed by atoms with E-state index in [4.69, 9.17) is 15.2 Å². The van der Waals surface area contributed by atoms with Crippen LogP contribution in [0.4, 0.5) is 21.5 Å². The first-order valence-electron chi connectivity index (χ1n) is 15.1. The van der Waals surface area contributed by atoms with Crippen LogP contribution < -0.4 is 11.1 Å². The molecule has 4 fully saturated rings. The second-order valence-corrected chi connectivity index (χ2v) is 13.4. The summed E-state index contributed by atoms with van der Waals surface area (Å²) in [6, 6.07) is 15.0. The first kappa shape index (κ1) is 28.5.